The fourth-order valence-electron chi connectivity index (χ4n) is 4.05. The van der Waals surface area contributed by atoms with E-state index < -0.39 is 11.7 Å². The summed E-state index contributed by atoms with van der Waals surface area (Å²) >= 11 is 0. The van der Waals surface area contributed by atoms with Gasteiger partial charge in [-0.05, 0) is 41.8 Å². The molecule has 35 heavy (non-hydrogen) atoms. The summed E-state index contributed by atoms with van der Waals surface area (Å²) in [5.74, 6) is 6.46. The molecular formula is C29H34F3NO2. The van der Waals surface area contributed by atoms with E-state index in [1.54, 1.807) is 6.26 Å². The van der Waals surface area contributed by atoms with Crippen molar-refractivity contribution in [2.45, 2.75) is 84.0 Å². The van der Waals surface area contributed by atoms with Gasteiger partial charge in [-0.2, -0.15) is 18.2 Å². The molecule has 0 spiro atoms. The van der Waals surface area contributed by atoms with E-state index in [2.05, 4.69) is 18.8 Å². The smallest absolute Gasteiger partial charge is 0.416 e. The number of hydroxylamine groups is 2. The normalized spacial score (nSPS) is 11.7. The molecule has 0 aliphatic heterocycles. The lowest BCUT2D eigenvalue weighted by Crippen LogP contribution is -2.18. The minimum absolute atomic E-state index is 0.118. The van der Waals surface area contributed by atoms with Crippen LogP contribution in [-0.2, 0) is 19.3 Å². The summed E-state index contributed by atoms with van der Waals surface area (Å²) in [4.78, 5) is 0. The lowest BCUT2D eigenvalue weighted by Gasteiger charge is -2.15. The topological polar surface area (TPSA) is 36.6 Å². The zero-order valence-electron chi connectivity index (χ0n) is 20.3. The van der Waals surface area contributed by atoms with E-state index >= 15 is 0 Å². The second-order valence-electron chi connectivity index (χ2n) is 9.02. The molecule has 0 aliphatic carbocycles. The molecule has 0 unspecified atom stereocenters. The third-order valence-electron chi connectivity index (χ3n) is 6.03. The second-order valence-corrected chi connectivity index (χ2v) is 9.02. The summed E-state index contributed by atoms with van der Waals surface area (Å²) in [6.45, 7) is 2.58. The average Bonchev–Trinajstić information content (AvgIpc) is 3.22. The molecule has 2 aromatic carbocycles. The molecule has 6 heteroatoms. The molecule has 1 heterocycles. The van der Waals surface area contributed by atoms with Gasteiger partial charge in [0.05, 0.1) is 11.1 Å². The first-order valence-electron chi connectivity index (χ1n) is 12.5. The Morgan fingerprint density at radius 1 is 0.857 bits per heavy atom. The van der Waals surface area contributed by atoms with Crippen LogP contribution < -0.4 is 0 Å². The van der Waals surface area contributed by atoms with E-state index in [4.69, 9.17) is 4.42 Å². The Morgan fingerprint density at radius 3 is 2.17 bits per heavy atom. The van der Waals surface area contributed by atoms with Crippen LogP contribution in [0.4, 0.5) is 13.2 Å². The summed E-state index contributed by atoms with van der Waals surface area (Å²) < 4.78 is 43.8. The van der Waals surface area contributed by atoms with Crippen LogP contribution in [0.3, 0.4) is 0 Å². The highest BCUT2D eigenvalue weighted by molar-refractivity contribution is 5.84. The van der Waals surface area contributed by atoms with Crippen molar-refractivity contribution >= 4 is 11.0 Å². The van der Waals surface area contributed by atoms with Crippen LogP contribution >= 0.6 is 0 Å². The van der Waals surface area contributed by atoms with Gasteiger partial charge in [0.25, 0.3) is 0 Å². The second kappa shape index (κ2) is 13.4. The van der Waals surface area contributed by atoms with Crippen LogP contribution in [0.5, 0.6) is 0 Å². The van der Waals surface area contributed by atoms with E-state index in [-0.39, 0.29) is 13.1 Å². The number of furan rings is 1. The Hall–Kier alpha value is -2.75. The Labute approximate surface area is 205 Å². The zero-order valence-corrected chi connectivity index (χ0v) is 20.3. The van der Waals surface area contributed by atoms with Gasteiger partial charge in [0.2, 0.25) is 0 Å². The summed E-state index contributed by atoms with van der Waals surface area (Å²) in [7, 11) is 0. The van der Waals surface area contributed by atoms with Gasteiger partial charge in [-0.25, -0.2) is 0 Å². The maximum Gasteiger partial charge on any atom is 0.416 e. The van der Waals surface area contributed by atoms with E-state index in [1.165, 1.54) is 57.1 Å². The summed E-state index contributed by atoms with van der Waals surface area (Å²) in [5.41, 5.74) is 2.31. The van der Waals surface area contributed by atoms with Crippen molar-refractivity contribution in [2.75, 3.05) is 0 Å². The van der Waals surface area contributed by atoms with Gasteiger partial charge < -0.3 is 9.62 Å². The number of unbranched alkanes of at least 4 members (excludes halogenated alkanes) is 8. The Bertz CT molecular complexity index is 1110. The first-order valence-corrected chi connectivity index (χ1v) is 12.5. The molecule has 3 rings (SSSR count). The first-order chi connectivity index (χ1) is 16.9. The molecule has 3 aromatic rings. The van der Waals surface area contributed by atoms with E-state index in [1.807, 2.05) is 18.2 Å². The van der Waals surface area contributed by atoms with Crippen LogP contribution in [0.2, 0.25) is 0 Å². The summed E-state index contributed by atoms with van der Waals surface area (Å²) in [6, 6.07) is 10.5. The van der Waals surface area contributed by atoms with E-state index in [0.29, 0.717) is 5.56 Å². The zero-order chi connectivity index (χ0) is 25.1. The Kier molecular flexibility index (Phi) is 10.3. The lowest BCUT2D eigenvalue weighted by molar-refractivity contribution is -0.137. The highest BCUT2D eigenvalue weighted by Gasteiger charge is 2.29. The molecule has 0 aliphatic rings. The summed E-state index contributed by atoms with van der Waals surface area (Å²) in [6.07, 6.45) is 8.33. The van der Waals surface area contributed by atoms with Gasteiger partial charge in [-0.1, -0.05) is 81.9 Å². The first kappa shape index (κ1) is 26.8. The standard InChI is InChI=1S/C29H34F3NO2/c1-2-3-4-5-6-7-8-9-10-11-12-25-22-35-28-18-15-24(19-27(25)28)21-33(34)20-23-13-16-26(17-14-23)29(30,31)32/h13-19,22,34H,2-10,20-21H2,1H3. The van der Waals surface area contributed by atoms with Crippen molar-refractivity contribution in [1.82, 2.24) is 5.06 Å². The van der Waals surface area contributed by atoms with Crippen molar-refractivity contribution in [1.29, 1.82) is 0 Å². The number of halogens is 3. The number of alkyl halides is 3. The molecule has 0 saturated heterocycles. The third-order valence-corrected chi connectivity index (χ3v) is 6.03. The fourth-order valence-corrected chi connectivity index (χ4v) is 4.05. The largest absolute Gasteiger partial charge is 0.463 e. The minimum atomic E-state index is -4.37. The van der Waals surface area contributed by atoms with Gasteiger partial charge in [-0.15, -0.1) is 0 Å². The lowest BCUT2D eigenvalue weighted by atomic mass is 10.1. The van der Waals surface area contributed by atoms with Crippen molar-refractivity contribution in [3.05, 3.63) is 71.0 Å². The number of hydrogen-bond acceptors (Lipinski definition) is 3. The van der Waals surface area contributed by atoms with Crippen molar-refractivity contribution in [2.24, 2.45) is 0 Å². The molecular weight excluding hydrogens is 451 g/mol. The highest BCUT2D eigenvalue weighted by atomic mass is 19.4. The van der Waals surface area contributed by atoms with Gasteiger partial charge in [0.1, 0.15) is 11.8 Å². The van der Waals surface area contributed by atoms with Crippen LogP contribution in [-0.4, -0.2) is 10.3 Å². The number of hydrogen-bond donors (Lipinski definition) is 1. The summed E-state index contributed by atoms with van der Waals surface area (Å²) in [5, 5.41) is 12.3. The number of nitrogens with zero attached hydrogens (tertiary/aromatic N) is 1. The molecule has 1 aromatic heterocycles. The SMILES string of the molecule is CCCCCCCCCCC#Cc1coc2ccc(CN(O)Cc3ccc(C(F)(F)F)cc3)cc12. The van der Waals surface area contributed by atoms with Crippen molar-refractivity contribution < 1.29 is 22.8 Å². The number of benzene rings is 2. The average molecular weight is 486 g/mol. The minimum Gasteiger partial charge on any atom is -0.463 e. The molecule has 0 fully saturated rings. The molecule has 0 bridgehead atoms. The quantitative estimate of drug-likeness (QED) is 0.158. The Balaban J connectivity index is 1.50. The highest BCUT2D eigenvalue weighted by Crippen LogP contribution is 2.29. The molecule has 3 nitrogen and oxygen atoms in total. The van der Waals surface area contributed by atoms with Crippen molar-refractivity contribution in [3.8, 4) is 11.8 Å². The third kappa shape index (κ3) is 8.76. The van der Waals surface area contributed by atoms with Crippen molar-refractivity contribution in [3.63, 3.8) is 0 Å². The molecule has 188 valence electrons. The number of rotatable bonds is 12. The molecule has 0 amide bonds. The Morgan fingerprint density at radius 2 is 1.49 bits per heavy atom. The molecule has 1 N–H and O–H groups in total. The van der Waals surface area contributed by atoms with Gasteiger partial charge in [0, 0.05) is 24.9 Å². The predicted octanol–water partition coefficient (Wildman–Crippen LogP) is 8.73. The van der Waals surface area contributed by atoms with Crippen LogP contribution in [0.25, 0.3) is 11.0 Å². The maximum atomic E-state index is 12.7. The van der Waals surface area contributed by atoms with E-state index in [0.717, 1.165) is 52.1 Å². The number of fused-ring (bicyclic) bond motifs is 1. The van der Waals surface area contributed by atoms with Gasteiger partial charge in [-0.3, -0.25) is 0 Å². The monoisotopic (exact) mass is 485 g/mol. The van der Waals surface area contributed by atoms with Gasteiger partial charge >= 0.3 is 6.18 Å². The van der Waals surface area contributed by atoms with Crippen LogP contribution in [0.15, 0.2) is 53.1 Å². The maximum absolute atomic E-state index is 12.7. The fraction of sp³-hybridized carbons (Fsp3) is 0.448. The molecule has 0 atom stereocenters. The van der Waals surface area contributed by atoms with Gasteiger partial charge in [0.15, 0.2) is 0 Å². The van der Waals surface area contributed by atoms with Crippen LogP contribution in [0, 0.1) is 11.8 Å². The van der Waals surface area contributed by atoms with Crippen LogP contribution in [0.1, 0.15) is 87.0 Å². The predicted molar refractivity (Wildman–Crippen MR) is 133 cm³/mol. The molecule has 0 saturated carbocycles. The molecule has 0 radical (unpaired) electrons. The van der Waals surface area contributed by atoms with E-state index in [9.17, 15) is 18.4 Å².